The third-order valence-electron chi connectivity index (χ3n) is 1.59. The molecular weight excluding hydrogens is 212 g/mol. The molecule has 0 saturated carbocycles. The summed E-state index contributed by atoms with van der Waals surface area (Å²) < 4.78 is 0. The highest BCUT2D eigenvalue weighted by Gasteiger charge is 1.97. The number of hydrogen-bond acceptors (Lipinski definition) is 3. The van der Waals surface area contributed by atoms with E-state index in [1.54, 1.807) is 24.3 Å². The van der Waals surface area contributed by atoms with Gasteiger partial charge in [0, 0.05) is 18.3 Å². The summed E-state index contributed by atoms with van der Waals surface area (Å²) in [4.78, 5) is 10.7. The van der Waals surface area contributed by atoms with Crippen molar-refractivity contribution in [1.82, 2.24) is 5.43 Å². The fourth-order valence-corrected chi connectivity index (χ4v) is 1.13. The minimum atomic E-state index is -0.102. The molecule has 0 atom stereocenters. The molecule has 1 rings (SSSR count). The number of carbonyl (C=O) groups is 1. The zero-order valence-corrected chi connectivity index (χ0v) is 9.02. The van der Waals surface area contributed by atoms with E-state index in [2.05, 4.69) is 16.1 Å². The van der Waals surface area contributed by atoms with Crippen molar-refractivity contribution in [2.45, 2.75) is 6.92 Å². The van der Waals surface area contributed by atoms with Crippen LogP contribution in [-0.2, 0) is 4.79 Å². The molecule has 6 heteroatoms. The number of carbonyl (C=O) groups excluding carboxylic acids is 1. The third-order valence-corrected chi connectivity index (χ3v) is 1.81. The first-order valence-electron chi connectivity index (χ1n) is 4.27. The van der Waals surface area contributed by atoms with Gasteiger partial charge in [-0.25, -0.2) is 5.84 Å². The molecule has 0 aliphatic rings. The predicted octanol–water partition coefficient (Wildman–Crippen LogP) is 0.805. The first kappa shape index (κ1) is 11.4. The maximum atomic E-state index is 10.7. The van der Waals surface area contributed by atoms with Gasteiger partial charge >= 0.3 is 0 Å². The second-order valence-electron chi connectivity index (χ2n) is 2.86. The van der Waals surface area contributed by atoms with E-state index in [-0.39, 0.29) is 5.91 Å². The van der Waals surface area contributed by atoms with Gasteiger partial charge < -0.3 is 16.1 Å². The lowest BCUT2D eigenvalue weighted by Crippen LogP contribution is -2.34. The van der Waals surface area contributed by atoms with Crippen LogP contribution < -0.4 is 21.9 Å². The number of thiocarbonyl (C=S) groups is 1. The molecule has 1 aromatic rings. The highest BCUT2D eigenvalue weighted by atomic mass is 32.1. The summed E-state index contributed by atoms with van der Waals surface area (Å²) in [6.07, 6.45) is 0. The molecule has 0 heterocycles. The summed E-state index contributed by atoms with van der Waals surface area (Å²) in [6.45, 7) is 1.46. The van der Waals surface area contributed by atoms with E-state index in [0.717, 1.165) is 11.4 Å². The van der Waals surface area contributed by atoms with Crippen LogP contribution in [0.4, 0.5) is 11.4 Å². The van der Waals surface area contributed by atoms with Gasteiger partial charge in [-0.2, -0.15) is 0 Å². The van der Waals surface area contributed by atoms with Gasteiger partial charge in [-0.05, 0) is 36.5 Å². The van der Waals surface area contributed by atoms with Crippen LogP contribution in [0.3, 0.4) is 0 Å². The van der Waals surface area contributed by atoms with E-state index in [1.807, 2.05) is 0 Å². The van der Waals surface area contributed by atoms with Crippen LogP contribution in [0.1, 0.15) is 6.92 Å². The quantitative estimate of drug-likeness (QED) is 0.339. The molecule has 15 heavy (non-hydrogen) atoms. The molecule has 1 aromatic carbocycles. The number of nitrogens with one attached hydrogen (secondary N) is 3. The Kier molecular flexibility index (Phi) is 4.02. The van der Waals surface area contributed by atoms with Crippen molar-refractivity contribution >= 4 is 34.6 Å². The van der Waals surface area contributed by atoms with E-state index >= 15 is 0 Å². The van der Waals surface area contributed by atoms with E-state index in [1.165, 1.54) is 6.92 Å². The van der Waals surface area contributed by atoms with Gasteiger partial charge in [-0.15, -0.1) is 0 Å². The second-order valence-corrected chi connectivity index (χ2v) is 3.27. The van der Waals surface area contributed by atoms with Crippen molar-refractivity contribution in [3.8, 4) is 0 Å². The Hall–Kier alpha value is -1.66. The topological polar surface area (TPSA) is 79.2 Å². The molecule has 1 amide bonds. The van der Waals surface area contributed by atoms with Gasteiger partial charge in [0.2, 0.25) is 5.91 Å². The maximum absolute atomic E-state index is 10.7. The number of hydrogen-bond donors (Lipinski definition) is 4. The largest absolute Gasteiger partial charge is 0.332 e. The smallest absolute Gasteiger partial charge is 0.221 e. The molecular formula is C9H12N4OS. The van der Waals surface area contributed by atoms with Crippen molar-refractivity contribution in [3.63, 3.8) is 0 Å². The van der Waals surface area contributed by atoms with Crippen LogP contribution in [0, 0.1) is 0 Å². The zero-order valence-electron chi connectivity index (χ0n) is 8.20. The van der Waals surface area contributed by atoms with E-state index in [0.29, 0.717) is 5.11 Å². The molecule has 5 N–H and O–H groups in total. The van der Waals surface area contributed by atoms with Gasteiger partial charge in [0.25, 0.3) is 0 Å². The van der Waals surface area contributed by atoms with E-state index in [4.69, 9.17) is 18.1 Å². The molecule has 0 radical (unpaired) electrons. The van der Waals surface area contributed by atoms with Gasteiger partial charge in [-0.3, -0.25) is 4.79 Å². The van der Waals surface area contributed by atoms with Crippen molar-refractivity contribution in [1.29, 1.82) is 0 Å². The molecule has 5 nitrogen and oxygen atoms in total. The molecule has 0 aromatic heterocycles. The Bertz CT molecular complexity index is 363. The third kappa shape index (κ3) is 3.92. The second kappa shape index (κ2) is 5.28. The van der Waals surface area contributed by atoms with Crippen LogP contribution in [0.15, 0.2) is 24.3 Å². The monoisotopic (exact) mass is 224 g/mol. The SMILES string of the molecule is CC(=O)Nc1ccc(NC(=S)NN)cc1. The fourth-order valence-electron chi connectivity index (χ4n) is 1.01. The normalized spacial score (nSPS) is 9.20. The number of nitrogens with two attached hydrogens (primary N) is 1. The zero-order chi connectivity index (χ0) is 11.3. The summed E-state index contributed by atoms with van der Waals surface area (Å²) in [5, 5.41) is 5.85. The number of anilines is 2. The van der Waals surface area contributed by atoms with Crippen LogP contribution >= 0.6 is 12.2 Å². The molecule has 80 valence electrons. The molecule has 0 aliphatic heterocycles. The Labute approximate surface area is 93.0 Å². The summed E-state index contributed by atoms with van der Waals surface area (Å²) in [5.41, 5.74) is 3.84. The molecule has 0 aliphatic carbocycles. The summed E-state index contributed by atoms with van der Waals surface area (Å²) in [7, 11) is 0. The van der Waals surface area contributed by atoms with Crippen LogP contribution in [0.5, 0.6) is 0 Å². The average Bonchev–Trinajstić information content (AvgIpc) is 2.20. The number of amides is 1. The first-order chi connectivity index (χ1) is 7.11. The van der Waals surface area contributed by atoms with E-state index < -0.39 is 0 Å². The fraction of sp³-hybridized carbons (Fsp3) is 0.111. The van der Waals surface area contributed by atoms with Crippen LogP contribution in [-0.4, -0.2) is 11.0 Å². The average molecular weight is 224 g/mol. The lowest BCUT2D eigenvalue weighted by atomic mass is 10.3. The van der Waals surface area contributed by atoms with Crippen molar-refractivity contribution in [3.05, 3.63) is 24.3 Å². The minimum Gasteiger partial charge on any atom is -0.332 e. The molecule has 0 fully saturated rings. The Balaban J connectivity index is 2.64. The highest BCUT2D eigenvalue weighted by Crippen LogP contribution is 2.13. The first-order valence-corrected chi connectivity index (χ1v) is 4.68. The van der Waals surface area contributed by atoms with Gasteiger partial charge in [0.15, 0.2) is 5.11 Å². The lowest BCUT2D eigenvalue weighted by molar-refractivity contribution is -0.114. The van der Waals surface area contributed by atoms with Crippen molar-refractivity contribution < 1.29 is 4.79 Å². The Morgan fingerprint density at radius 2 is 1.67 bits per heavy atom. The molecule has 0 saturated heterocycles. The number of rotatable bonds is 2. The standard InChI is InChI=1S/C9H12N4OS/c1-6(14)11-7-2-4-8(5-3-7)12-9(15)13-10/h2-5H,10H2,1H3,(H,11,14)(H2,12,13,15). The molecule has 0 unspecified atom stereocenters. The van der Waals surface area contributed by atoms with Crippen molar-refractivity contribution in [2.75, 3.05) is 10.6 Å². The summed E-state index contributed by atoms with van der Waals surface area (Å²) >= 11 is 4.82. The summed E-state index contributed by atoms with van der Waals surface area (Å²) in [5.74, 6) is 5.00. The molecule has 0 bridgehead atoms. The Morgan fingerprint density at radius 1 is 1.20 bits per heavy atom. The Morgan fingerprint density at radius 3 is 2.07 bits per heavy atom. The van der Waals surface area contributed by atoms with Crippen molar-refractivity contribution in [2.24, 2.45) is 5.84 Å². The highest BCUT2D eigenvalue weighted by molar-refractivity contribution is 7.80. The predicted molar refractivity (Wildman–Crippen MR) is 64.3 cm³/mol. The maximum Gasteiger partial charge on any atom is 0.221 e. The minimum absolute atomic E-state index is 0.102. The van der Waals surface area contributed by atoms with Crippen LogP contribution in [0.2, 0.25) is 0 Å². The number of hydrazine groups is 1. The number of benzene rings is 1. The van der Waals surface area contributed by atoms with Gasteiger partial charge in [0.05, 0.1) is 0 Å². The molecule has 0 spiro atoms. The van der Waals surface area contributed by atoms with Crippen LogP contribution in [0.25, 0.3) is 0 Å². The summed E-state index contributed by atoms with van der Waals surface area (Å²) in [6, 6.07) is 7.11. The lowest BCUT2D eigenvalue weighted by Gasteiger charge is -2.07. The van der Waals surface area contributed by atoms with Gasteiger partial charge in [0.1, 0.15) is 0 Å². The van der Waals surface area contributed by atoms with Gasteiger partial charge in [-0.1, -0.05) is 0 Å². The van der Waals surface area contributed by atoms with E-state index in [9.17, 15) is 4.79 Å².